The van der Waals surface area contributed by atoms with Crippen molar-refractivity contribution in [2.45, 2.75) is 26.7 Å². The second-order valence-electron chi connectivity index (χ2n) is 7.24. The highest BCUT2D eigenvalue weighted by molar-refractivity contribution is 5.94. The molecular formula is C22H29N7O. The molecule has 30 heavy (non-hydrogen) atoms. The first kappa shape index (κ1) is 21.4. The molecule has 2 aromatic rings. The van der Waals surface area contributed by atoms with E-state index in [0.717, 1.165) is 37.6 Å². The van der Waals surface area contributed by atoms with E-state index in [1.54, 1.807) is 12.5 Å². The maximum absolute atomic E-state index is 12.9. The summed E-state index contributed by atoms with van der Waals surface area (Å²) >= 11 is 0. The van der Waals surface area contributed by atoms with Crippen LogP contribution in [0.3, 0.4) is 0 Å². The fourth-order valence-corrected chi connectivity index (χ4v) is 3.61. The Morgan fingerprint density at radius 2 is 1.87 bits per heavy atom. The average molecular weight is 408 g/mol. The topological polar surface area (TPSA) is 80.8 Å². The Bertz CT molecular complexity index is 875. The van der Waals surface area contributed by atoms with Gasteiger partial charge in [0.25, 0.3) is 5.91 Å². The van der Waals surface area contributed by atoms with E-state index in [4.69, 9.17) is 5.26 Å². The van der Waals surface area contributed by atoms with Crippen LogP contribution >= 0.6 is 0 Å². The SMILES string of the molecule is CCCCN(CC)C(=NC#N)N1CCN(C(=O)c2ccc(-n3ccnc3)cc2)CC1. The van der Waals surface area contributed by atoms with Crippen LogP contribution < -0.4 is 0 Å². The van der Waals surface area contributed by atoms with Crippen molar-refractivity contribution < 1.29 is 4.79 Å². The maximum atomic E-state index is 12.9. The Labute approximate surface area is 178 Å². The van der Waals surface area contributed by atoms with Crippen LogP contribution in [-0.2, 0) is 0 Å². The zero-order chi connectivity index (χ0) is 21.3. The third-order valence-corrected chi connectivity index (χ3v) is 5.36. The molecule has 8 heteroatoms. The highest BCUT2D eigenvalue weighted by atomic mass is 16.2. The van der Waals surface area contributed by atoms with E-state index in [2.05, 4.69) is 33.6 Å². The van der Waals surface area contributed by atoms with E-state index in [0.29, 0.717) is 31.7 Å². The van der Waals surface area contributed by atoms with E-state index in [1.165, 1.54) is 0 Å². The molecule has 1 aromatic carbocycles. The summed E-state index contributed by atoms with van der Waals surface area (Å²) in [4.78, 5) is 27.2. The highest BCUT2D eigenvalue weighted by Crippen LogP contribution is 2.14. The first-order valence-electron chi connectivity index (χ1n) is 10.5. The van der Waals surface area contributed by atoms with Gasteiger partial charge < -0.3 is 19.3 Å². The van der Waals surface area contributed by atoms with Crippen LogP contribution in [0.1, 0.15) is 37.0 Å². The molecule has 1 aromatic heterocycles. The highest BCUT2D eigenvalue weighted by Gasteiger charge is 2.26. The number of aliphatic imine (C=N–C) groups is 1. The molecule has 0 aliphatic carbocycles. The molecule has 0 N–H and O–H groups in total. The van der Waals surface area contributed by atoms with Gasteiger partial charge >= 0.3 is 0 Å². The Balaban J connectivity index is 1.62. The van der Waals surface area contributed by atoms with Crippen molar-refractivity contribution in [3.63, 3.8) is 0 Å². The number of benzene rings is 1. The second-order valence-corrected chi connectivity index (χ2v) is 7.24. The first-order valence-corrected chi connectivity index (χ1v) is 10.5. The lowest BCUT2D eigenvalue weighted by Crippen LogP contribution is -2.54. The van der Waals surface area contributed by atoms with Gasteiger partial charge in [-0.05, 0) is 37.6 Å². The van der Waals surface area contributed by atoms with Crippen LogP contribution in [0.25, 0.3) is 5.69 Å². The zero-order valence-corrected chi connectivity index (χ0v) is 17.7. The summed E-state index contributed by atoms with van der Waals surface area (Å²) in [6.07, 6.45) is 9.44. The Kier molecular flexibility index (Phi) is 7.44. The summed E-state index contributed by atoms with van der Waals surface area (Å²) < 4.78 is 1.90. The Hall–Kier alpha value is -3.34. The molecule has 158 valence electrons. The standard InChI is InChI=1S/C22H29N7O/c1-3-5-11-26(4-2)22(25-17-23)28-15-13-27(14-16-28)21(30)19-6-8-20(9-7-19)29-12-10-24-18-29/h6-10,12,18H,3-5,11,13-16H2,1-2H3. The van der Waals surface area contributed by atoms with Crippen molar-refractivity contribution in [1.82, 2.24) is 24.3 Å². The van der Waals surface area contributed by atoms with Gasteiger partial charge in [0, 0.05) is 62.9 Å². The summed E-state index contributed by atoms with van der Waals surface area (Å²) in [6.45, 7) is 8.48. The molecule has 0 atom stereocenters. The number of aromatic nitrogens is 2. The zero-order valence-electron chi connectivity index (χ0n) is 17.7. The fraction of sp³-hybridized carbons (Fsp3) is 0.455. The molecule has 0 unspecified atom stereocenters. The number of amides is 1. The lowest BCUT2D eigenvalue weighted by molar-refractivity contribution is 0.0683. The average Bonchev–Trinajstić information content (AvgIpc) is 3.33. The van der Waals surface area contributed by atoms with Gasteiger partial charge in [0.2, 0.25) is 12.2 Å². The third-order valence-electron chi connectivity index (χ3n) is 5.36. The Morgan fingerprint density at radius 3 is 2.43 bits per heavy atom. The molecule has 0 radical (unpaired) electrons. The first-order chi connectivity index (χ1) is 14.7. The van der Waals surface area contributed by atoms with E-state index in [-0.39, 0.29) is 5.91 Å². The number of guanidine groups is 1. The molecule has 1 aliphatic rings. The minimum Gasteiger partial charge on any atom is -0.342 e. The van der Waals surface area contributed by atoms with Gasteiger partial charge in [-0.3, -0.25) is 4.79 Å². The predicted molar refractivity (Wildman–Crippen MR) is 116 cm³/mol. The number of unbranched alkanes of at least 4 members (excludes halogenated alkanes) is 1. The number of imidazole rings is 1. The number of hydrogen-bond acceptors (Lipinski definition) is 4. The van der Waals surface area contributed by atoms with Crippen LogP contribution in [0.15, 0.2) is 48.0 Å². The predicted octanol–water partition coefficient (Wildman–Crippen LogP) is 2.59. The summed E-state index contributed by atoms with van der Waals surface area (Å²) in [5.74, 6) is 0.758. The van der Waals surface area contributed by atoms with Crippen molar-refractivity contribution in [3.8, 4) is 11.9 Å². The van der Waals surface area contributed by atoms with Crippen molar-refractivity contribution in [1.29, 1.82) is 5.26 Å². The minimum atomic E-state index is 0.0314. The monoisotopic (exact) mass is 407 g/mol. The quantitative estimate of drug-likeness (QED) is 0.418. The molecule has 0 spiro atoms. The summed E-state index contributed by atoms with van der Waals surface area (Å²) in [5, 5.41) is 9.16. The molecule has 1 fully saturated rings. The van der Waals surface area contributed by atoms with Crippen molar-refractivity contribution >= 4 is 11.9 Å². The summed E-state index contributed by atoms with van der Waals surface area (Å²) in [6, 6.07) is 7.57. The smallest absolute Gasteiger partial charge is 0.253 e. The van der Waals surface area contributed by atoms with Crippen molar-refractivity contribution in [2.75, 3.05) is 39.3 Å². The second kappa shape index (κ2) is 10.4. The van der Waals surface area contributed by atoms with Crippen molar-refractivity contribution in [3.05, 3.63) is 48.5 Å². The maximum Gasteiger partial charge on any atom is 0.253 e. The molecular weight excluding hydrogens is 378 g/mol. The molecule has 8 nitrogen and oxygen atoms in total. The molecule has 0 bridgehead atoms. The molecule has 1 saturated heterocycles. The van der Waals surface area contributed by atoms with Crippen molar-refractivity contribution in [2.24, 2.45) is 4.99 Å². The number of piperazine rings is 1. The Morgan fingerprint density at radius 1 is 1.17 bits per heavy atom. The van der Waals surface area contributed by atoms with E-state index < -0.39 is 0 Å². The molecule has 0 saturated carbocycles. The van der Waals surface area contributed by atoms with Crippen LogP contribution in [0.4, 0.5) is 0 Å². The fourth-order valence-electron chi connectivity index (χ4n) is 3.61. The van der Waals surface area contributed by atoms with Crippen LogP contribution in [0, 0.1) is 11.5 Å². The number of hydrogen-bond donors (Lipinski definition) is 0. The number of nitrogens with zero attached hydrogens (tertiary/aromatic N) is 7. The lowest BCUT2D eigenvalue weighted by Gasteiger charge is -2.39. The normalized spacial score (nSPS) is 14.5. The van der Waals surface area contributed by atoms with Gasteiger partial charge in [-0.25, -0.2) is 4.98 Å². The van der Waals surface area contributed by atoms with E-state index in [9.17, 15) is 4.79 Å². The van der Waals surface area contributed by atoms with Gasteiger partial charge in [-0.1, -0.05) is 13.3 Å². The van der Waals surface area contributed by atoms with Gasteiger partial charge in [-0.15, -0.1) is 4.99 Å². The van der Waals surface area contributed by atoms with Gasteiger partial charge in [-0.2, -0.15) is 5.26 Å². The largest absolute Gasteiger partial charge is 0.342 e. The van der Waals surface area contributed by atoms with Gasteiger partial charge in [0.05, 0.1) is 6.33 Å². The molecule has 1 amide bonds. The minimum absolute atomic E-state index is 0.0314. The van der Waals surface area contributed by atoms with E-state index >= 15 is 0 Å². The number of rotatable bonds is 6. The van der Waals surface area contributed by atoms with Crippen LogP contribution in [0.5, 0.6) is 0 Å². The third kappa shape index (κ3) is 4.98. The van der Waals surface area contributed by atoms with Crippen LogP contribution in [-0.4, -0.2) is 75.4 Å². The number of carbonyl (C=O) groups excluding carboxylic acids is 1. The summed E-state index contributed by atoms with van der Waals surface area (Å²) in [7, 11) is 0. The molecule has 1 aliphatic heterocycles. The van der Waals surface area contributed by atoms with E-state index in [1.807, 2.05) is 46.1 Å². The van der Waals surface area contributed by atoms with Gasteiger partial charge in [0.1, 0.15) is 0 Å². The molecule has 2 heterocycles. The molecule has 3 rings (SSSR count). The summed E-state index contributed by atoms with van der Waals surface area (Å²) in [5.41, 5.74) is 1.65. The van der Waals surface area contributed by atoms with Gasteiger partial charge in [0.15, 0.2) is 0 Å². The number of nitriles is 1. The lowest BCUT2D eigenvalue weighted by atomic mass is 10.1. The number of carbonyl (C=O) groups is 1. The van der Waals surface area contributed by atoms with Crippen LogP contribution in [0.2, 0.25) is 0 Å².